The number of nitrogens with zero attached hydrogens (tertiary/aromatic N) is 3. The van der Waals surface area contributed by atoms with Crippen LogP contribution in [0, 0.1) is 0 Å². The molecule has 0 radical (unpaired) electrons. The number of carbonyl (C=O) groups excluding carboxylic acids is 1. The van der Waals surface area contributed by atoms with Crippen LogP contribution in [0.1, 0.15) is 10.4 Å². The molecular formula is C9H7N3O4. The zero-order chi connectivity index (χ0) is 12.0. The van der Waals surface area contributed by atoms with E-state index in [1.54, 1.807) is 0 Å². The number of ether oxygens (including phenoxy) is 1. The van der Waals surface area contributed by atoms with Crippen molar-refractivity contribution in [2.75, 3.05) is 6.61 Å². The second kappa shape index (κ2) is 5.38. The highest BCUT2D eigenvalue weighted by atomic mass is 16.5. The Morgan fingerprint density at radius 1 is 1.62 bits per heavy atom. The number of carbonyl (C=O) groups is 2. The number of hydrogen-bond donors (Lipinski definition) is 1. The molecule has 16 heavy (non-hydrogen) atoms. The lowest BCUT2D eigenvalue weighted by Gasteiger charge is -2.06. The van der Waals surface area contributed by atoms with Crippen molar-refractivity contribution >= 4 is 17.9 Å². The highest BCUT2D eigenvalue weighted by Crippen LogP contribution is 2.24. The number of carboxylic acids is 1. The predicted octanol–water partition coefficient (Wildman–Crippen LogP) is 1.90. The first-order valence-electron chi connectivity index (χ1n) is 4.16. The van der Waals surface area contributed by atoms with Gasteiger partial charge in [-0.1, -0.05) is 11.2 Å². The van der Waals surface area contributed by atoms with E-state index in [0.717, 1.165) is 0 Å². The first kappa shape index (κ1) is 11.5. The lowest BCUT2D eigenvalue weighted by atomic mass is 10.2. The van der Waals surface area contributed by atoms with Gasteiger partial charge in [-0.05, 0) is 17.7 Å². The molecular weight excluding hydrogens is 214 g/mol. The molecule has 0 spiro atoms. The van der Waals surface area contributed by atoms with Crippen molar-refractivity contribution in [2.24, 2.45) is 5.11 Å². The maximum atomic E-state index is 10.6. The molecule has 1 N–H and O–H groups in total. The second-order valence-corrected chi connectivity index (χ2v) is 2.71. The van der Waals surface area contributed by atoms with Gasteiger partial charge < -0.3 is 9.84 Å². The molecule has 0 amide bonds. The smallest absolute Gasteiger partial charge is 0.341 e. The summed E-state index contributed by atoms with van der Waals surface area (Å²) in [6.07, 6.45) is 0.525. The number of aldehydes is 1. The van der Waals surface area contributed by atoms with Gasteiger partial charge >= 0.3 is 5.97 Å². The fraction of sp³-hybridized carbons (Fsp3) is 0.111. The van der Waals surface area contributed by atoms with E-state index < -0.39 is 12.6 Å². The molecule has 0 heterocycles. The lowest BCUT2D eigenvalue weighted by molar-refractivity contribution is -0.139. The van der Waals surface area contributed by atoms with Crippen LogP contribution < -0.4 is 4.74 Å². The minimum absolute atomic E-state index is 0.0716. The van der Waals surface area contributed by atoms with Gasteiger partial charge in [-0.15, -0.1) is 0 Å². The van der Waals surface area contributed by atoms with Crippen molar-refractivity contribution in [3.8, 4) is 5.75 Å². The third kappa shape index (κ3) is 3.00. The summed E-state index contributed by atoms with van der Waals surface area (Å²) in [6, 6.07) is 4.11. The van der Waals surface area contributed by atoms with Gasteiger partial charge in [0.05, 0.1) is 5.56 Å². The predicted molar refractivity (Wildman–Crippen MR) is 53.8 cm³/mol. The van der Waals surface area contributed by atoms with Gasteiger partial charge in [0.2, 0.25) is 0 Å². The second-order valence-electron chi connectivity index (χ2n) is 2.71. The number of rotatable bonds is 5. The molecule has 0 fully saturated rings. The summed E-state index contributed by atoms with van der Waals surface area (Å²) in [5.41, 5.74) is 8.65. The van der Waals surface area contributed by atoms with Crippen LogP contribution in [0.25, 0.3) is 10.4 Å². The molecule has 0 aliphatic carbocycles. The minimum Gasteiger partial charge on any atom is -0.481 e. The van der Waals surface area contributed by atoms with Gasteiger partial charge in [-0.25, -0.2) is 4.79 Å². The van der Waals surface area contributed by atoms with Crippen LogP contribution in [0.3, 0.4) is 0 Å². The lowest BCUT2D eigenvalue weighted by Crippen LogP contribution is -2.10. The number of aliphatic carboxylic acids is 1. The molecule has 0 bridgehead atoms. The standard InChI is InChI=1S/C9H7N3O4/c10-12-11-7-2-1-6(4-13)8(3-7)16-5-9(14)15/h1-4H,5H2,(H,14,15). The van der Waals surface area contributed by atoms with E-state index in [2.05, 4.69) is 10.0 Å². The topological polar surface area (TPSA) is 112 Å². The average Bonchev–Trinajstić information content (AvgIpc) is 2.27. The maximum Gasteiger partial charge on any atom is 0.341 e. The summed E-state index contributed by atoms with van der Waals surface area (Å²) in [5.74, 6) is -1.09. The first-order chi connectivity index (χ1) is 7.67. The molecule has 7 heteroatoms. The van der Waals surface area contributed by atoms with Gasteiger partial charge in [0.15, 0.2) is 12.9 Å². The van der Waals surface area contributed by atoms with E-state index >= 15 is 0 Å². The van der Waals surface area contributed by atoms with Gasteiger partial charge in [0.25, 0.3) is 0 Å². The minimum atomic E-state index is -1.16. The molecule has 0 aliphatic heterocycles. The molecule has 0 saturated heterocycles. The van der Waals surface area contributed by atoms with E-state index in [-0.39, 0.29) is 17.0 Å². The van der Waals surface area contributed by atoms with Gasteiger partial charge in [-0.2, -0.15) is 0 Å². The highest BCUT2D eigenvalue weighted by Gasteiger charge is 2.06. The van der Waals surface area contributed by atoms with Crippen LogP contribution in [-0.4, -0.2) is 24.0 Å². The molecule has 82 valence electrons. The molecule has 7 nitrogen and oxygen atoms in total. The Morgan fingerprint density at radius 2 is 2.38 bits per heavy atom. The molecule has 1 aromatic carbocycles. The number of benzene rings is 1. The zero-order valence-corrected chi connectivity index (χ0v) is 8.03. The van der Waals surface area contributed by atoms with Crippen molar-refractivity contribution in [3.05, 3.63) is 34.2 Å². The summed E-state index contributed by atoms with van der Waals surface area (Å²) in [6.45, 7) is -0.569. The zero-order valence-electron chi connectivity index (χ0n) is 8.03. The quantitative estimate of drug-likeness (QED) is 0.354. The van der Waals surface area contributed by atoms with Crippen molar-refractivity contribution in [2.45, 2.75) is 0 Å². The van der Waals surface area contributed by atoms with E-state index in [0.29, 0.717) is 6.29 Å². The fourth-order valence-electron chi connectivity index (χ4n) is 0.999. The van der Waals surface area contributed by atoms with Crippen LogP contribution in [0.4, 0.5) is 5.69 Å². The summed E-state index contributed by atoms with van der Waals surface area (Å²) in [5, 5.41) is 11.7. The Bertz CT molecular complexity index is 466. The number of hydrogen-bond acceptors (Lipinski definition) is 4. The SMILES string of the molecule is [N-]=[N+]=Nc1ccc(C=O)c(OCC(=O)O)c1. The number of carboxylic acid groups (broad SMARTS) is 1. The van der Waals surface area contributed by atoms with Crippen molar-refractivity contribution < 1.29 is 19.4 Å². The fourth-order valence-corrected chi connectivity index (χ4v) is 0.999. The normalized spacial score (nSPS) is 9.00. The molecule has 1 aromatic rings. The van der Waals surface area contributed by atoms with Gasteiger partial charge in [0.1, 0.15) is 5.75 Å². The Balaban J connectivity index is 3.01. The monoisotopic (exact) mass is 221 g/mol. The third-order valence-electron chi connectivity index (χ3n) is 1.64. The van der Waals surface area contributed by atoms with Crippen LogP contribution in [0.2, 0.25) is 0 Å². The van der Waals surface area contributed by atoms with E-state index in [1.807, 2.05) is 0 Å². The van der Waals surface area contributed by atoms with Crippen LogP contribution in [0.5, 0.6) is 5.75 Å². The molecule has 1 rings (SSSR count). The molecule has 0 aliphatic rings. The van der Waals surface area contributed by atoms with E-state index in [1.165, 1.54) is 18.2 Å². The first-order valence-corrected chi connectivity index (χ1v) is 4.16. The average molecular weight is 221 g/mol. The Labute approximate surface area is 89.9 Å². The summed E-state index contributed by atoms with van der Waals surface area (Å²) in [7, 11) is 0. The van der Waals surface area contributed by atoms with E-state index in [4.69, 9.17) is 15.4 Å². The van der Waals surface area contributed by atoms with Crippen molar-refractivity contribution in [1.82, 2.24) is 0 Å². The molecule has 0 unspecified atom stereocenters. The maximum absolute atomic E-state index is 10.6. The molecule has 0 saturated carbocycles. The summed E-state index contributed by atoms with van der Waals surface area (Å²) in [4.78, 5) is 23.5. The molecule has 0 atom stereocenters. The summed E-state index contributed by atoms with van der Waals surface area (Å²) < 4.78 is 4.86. The van der Waals surface area contributed by atoms with Crippen LogP contribution in [0.15, 0.2) is 23.3 Å². The Hall–Kier alpha value is -2.53. The number of azide groups is 1. The van der Waals surface area contributed by atoms with Crippen LogP contribution >= 0.6 is 0 Å². The van der Waals surface area contributed by atoms with Crippen LogP contribution in [-0.2, 0) is 4.79 Å². The van der Waals surface area contributed by atoms with Gasteiger partial charge in [0, 0.05) is 10.6 Å². The highest BCUT2D eigenvalue weighted by molar-refractivity contribution is 5.80. The van der Waals surface area contributed by atoms with E-state index in [9.17, 15) is 9.59 Å². The van der Waals surface area contributed by atoms with Crippen molar-refractivity contribution in [3.63, 3.8) is 0 Å². The largest absolute Gasteiger partial charge is 0.481 e. The third-order valence-corrected chi connectivity index (χ3v) is 1.64. The van der Waals surface area contributed by atoms with Gasteiger partial charge in [-0.3, -0.25) is 4.79 Å². The van der Waals surface area contributed by atoms with Crippen molar-refractivity contribution in [1.29, 1.82) is 0 Å². The molecule has 0 aromatic heterocycles. The Morgan fingerprint density at radius 3 is 2.94 bits per heavy atom. The Kier molecular flexibility index (Phi) is 3.88. The summed E-state index contributed by atoms with van der Waals surface area (Å²) >= 11 is 0.